The molecule has 0 bridgehead atoms. The topological polar surface area (TPSA) is 58.9 Å². The highest BCUT2D eigenvalue weighted by Crippen LogP contribution is 2.17. The Labute approximate surface area is 90.5 Å². The van der Waals surface area contributed by atoms with Gasteiger partial charge in [0, 0.05) is 5.39 Å². The average molecular weight is 212 g/mol. The molecule has 1 aromatic carbocycles. The van der Waals surface area contributed by atoms with E-state index in [4.69, 9.17) is 0 Å². The molecule has 0 saturated heterocycles. The summed E-state index contributed by atoms with van der Waals surface area (Å²) in [5.74, 6) is 0. The first-order valence-electron chi connectivity index (χ1n) is 4.87. The highest BCUT2D eigenvalue weighted by molar-refractivity contribution is 5.80. The maximum absolute atomic E-state index is 10.9. The summed E-state index contributed by atoms with van der Waals surface area (Å²) in [6.45, 7) is 0. The number of aromatic amines is 1. The number of H-pyrrole nitrogens is 1. The summed E-state index contributed by atoms with van der Waals surface area (Å²) in [6, 6.07) is 13.0. The lowest BCUT2D eigenvalue weighted by Crippen LogP contribution is -1.87. The zero-order chi connectivity index (χ0) is 11.0. The lowest BCUT2D eigenvalue weighted by atomic mass is 10.2. The molecule has 0 aliphatic rings. The molecule has 0 radical (unpaired) electrons. The second-order valence-corrected chi connectivity index (χ2v) is 3.47. The van der Waals surface area contributed by atoms with E-state index in [1.165, 1.54) is 6.07 Å². The van der Waals surface area contributed by atoms with Crippen molar-refractivity contribution >= 4 is 10.9 Å². The molecule has 4 heteroatoms. The fourth-order valence-electron chi connectivity index (χ4n) is 1.62. The van der Waals surface area contributed by atoms with Gasteiger partial charge in [0.1, 0.15) is 5.69 Å². The Morgan fingerprint density at radius 1 is 1.12 bits per heavy atom. The smallest absolute Gasteiger partial charge is 0.338 e. The minimum atomic E-state index is -0.398. The first-order chi connectivity index (χ1) is 7.83. The van der Waals surface area contributed by atoms with Crippen molar-refractivity contribution in [2.75, 3.05) is 0 Å². The molecule has 0 spiro atoms. The number of nitrogens with one attached hydrogen (secondary N) is 1. The predicted molar refractivity (Wildman–Crippen MR) is 60.1 cm³/mol. The summed E-state index contributed by atoms with van der Waals surface area (Å²) >= 11 is 0. The fourth-order valence-corrected chi connectivity index (χ4v) is 1.62. The van der Waals surface area contributed by atoms with Gasteiger partial charge in [-0.15, -0.1) is 0 Å². The van der Waals surface area contributed by atoms with Gasteiger partial charge in [0.15, 0.2) is 0 Å². The Kier molecular flexibility index (Phi) is 1.86. The predicted octanol–water partition coefficient (Wildman–Crippen LogP) is 2.18. The maximum Gasteiger partial charge on any atom is 0.357 e. The van der Waals surface area contributed by atoms with Crippen molar-refractivity contribution in [2.45, 2.75) is 0 Å². The van der Waals surface area contributed by atoms with Crippen LogP contribution in [0.3, 0.4) is 0 Å². The third-order valence-electron chi connectivity index (χ3n) is 2.40. The number of rotatable bonds is 1. The zero-order valence-electron chi connectivity index (χ0n) is 8.31. The third-order valence-corrected chi connectivity index (χ3v) is 2.40. The van der Waals surface area contributed by atoms with Gasteiger partial charge in [-0.3, -0.25) is 0 Å². The maximum atomic E-state index is 10.9. The zero-order valence-corrected chi connectivity index (χ0v) is 8.31. The molecule has 16 heavy (non-hydrogen) atoms. The second kappa shape index (κ2) is 3.34. The average Bonchev–Trinajstić information content (AvgIpc) is 2.75. The van der Waals surface area contributed by atoms with E-state index in [1.54, 1.807) is 0 Å². The van der Waals surface area contributed by atoms with Crippen LogP contribution in [0.5, 0.6) is 0 Å². The molecule has 1 N–H and O–H groups in total. The molecule has 0 saturated carbocycles. The Morgan fingerprint density at radius 3 is 2.81 bits per heavy atom. The molecule has 0 fully saturated rings. The van der Waals surface area contributed by atoms with Gasteiger partial charge in [-0.25, -0.2) is 14.9 Å². The van der Waals surface area contributed by atoms with E-state index in [-0.39, 0.29) is 0 Å². The van der Waals surface area contributed by atoms with E-state index in [0.717, 1.165) is 10.9 Å². The van der Waals surface area contributed by atoms with Crippen LogP contribution >= 0.6 is 0 Å². The molecule has 4 nitrogen and oxygen atoms in total. The van der Waals surface area contributed by atoms with Crippen molar-refractivity contribution in [1.29, 1.82) is 0 Å². The lowest BCUT2D eigenvalue weighted by Gasteiger charge is -1.99. The first kappa shape index (κ1) is 8.91. The first-order valence-corrected chi connectivity index (χ1v) is 4.87. The van der Waals surface area contributed by atoms with E-state index in [0.29, 0.717) is 11.4 Å². The van der Waals surface area contributed by atoms with Crippen LogP contribution in [0.25, 0.3) is 22.3 Å². The molecular weight excluding hydrogens is 204 g/mol. The van der Waals surface area contributed by atoms with Crippen LogP contribution in [0.15, 0.2) is 51.8 Å². The van der Waals surface area contributed by atoms with Crippen molar-refractivity contribution in [3.63, 3.8) is 0 Å². The van der Waals surface area contributed by atoms with Crippen LogP contribution in [0.2, 0.25) is 0 Å². The highest BCUT2D eigenvalue weighted by Gasteiger charge is 2.04. The molecular formula is C12H8N2O2. The van der Waals surface area contributed by atoms with Crippen molar-refractivity contribution in [3.8, 4) is 11.4 Å². The quantitative estimate of drug-likeness (QED) is 0.672. The van der Waals surface area contributed by atoms with E-state index in [1.807, 2.05) is 36.4 Å². The molecule has 0 unspecified atom stereocenters. The summed E-state index contributed by atoms with van der Waals surface area (Å²) in [5, 5.41) is 3.60. The van der Waals surface area contributed by atoms with Gasteiger partial charge < -0.3 is 4.52 Å². The van der Waals surface area contributed by atoms with Crippen molar-refractivity contribution in [3.05, 3.63) is 52.9 Å². The molecule has 3 aromatic rings. The Balaban J connectivity index is 2.22. The number of aromatic nitrogens is 2. The largest absolute Gasteiger partial charge is 0.357 e. The van der Waals surface area contributed by atoms with E-state index < -0.39 is 5.63 Å². The molecule has 0 atom stereocenters. The number of nitrogens with zero attached hydrogens (tertiary/aromatic N) is 1. The summed E-state index contributed by atoms with van der Waals surface area (Å²) in [5.41, 5.74) is 1.78. The van der Waals surface area contributed by atoms with E-state index >= 15 is 0 Å². The number of hydrogen-bond acceptors (Lipinski definition) is 3. The highest BCUT2D eigenvalue weighted by atomic mass is 16.5. The van der Waals surface area contributed by atoms with Crippen LogP contribution in [0, 0.1) is 0 Å². The second-order valence-electron chi connectivity index (χ2n) is 3.47. The summed E-state index contributed by atoms with van der Waals surface area (Å²) in [4.78, 5) is 15.3. The summed E-state index contributed by atoms with van der Waals surface area (Å²) < 4.78 is 4.61. The van der Waals surface area contributed by atoms with E-state index in [2.05, 4.69) is 14.7 Å². The van der Waals surface area contributed by atoms with Crippen molar-refractivity contribution in [2.24, 2.45) is 0 Å². The monoisotopic (exact) mass is 212 g/mol. The summed E-state index contributed by atoms with van der Waals surface area (Å²) in [6.07, 6.45) is 0. The van der Waals surface area contributed by atoms with Crippen LogP contribution in [-0.4, -0.2) is 10.1 Å². The van der Waals surface area contributed by atoms with Crippen molar-refractivity contribution in [1.82, 2.24) is 10.1 Å². The standard InChI is InChI=1S/C12H8N2O2/c15-12-7-11(14-16-12)10-6-5-8-3-1-2-4-9(8)13-10/h1-7,14H. The van der Waals surface area contributed by atoms with Gasteiger partial charge in [-0.1, -0.05) is 24.3 Å². The number of pyridine rings is 1. The molecule has 0 amide bonds. The van der Waals surface area contributed by atoms with E-state index in [9.17, 15) is 4.79 Å². The molecule has 78 valence electrons. The van der Waals surface area contributed by atoms with Crippen molar-refractivity contribution < 1.29 is 4.52 Å². The molecule has 3 rings (SSSR count). The van der Waals surface area contributed by atoms with Crippen LogP contribution in [-0.2, 0) is 0 Å². The van der Waals surface area contributed by atoms with Gasteiger partial charge in [0.05, 0.1) is 17.3 Å². The minimum absolute atomic E-state index is 0.398. The Morgan fingerprint density at radius 2 is 2.00 bits per heavy atom. The Hall–Kier alpha value is -2.36. The lowest BCUT2D eigenvalue weighted by molar-refractivity contribution is 0.393. The molecule has 2 heterocycles. The van der Waals surface area contributed by atoms with Gasteiger partial charge in [-0.05, 0) is 12.1 Å². The third kappa shape index (κ3) is 1.40. The SMILES string of the molecule is O=c1cc(-c2ccc3ccccc3n2)[nH]o1. The van der Waals surface area contributed by atoms with Crippen LogP contribution in [0.1, 0.15) is 0 Å². The number of benzene rings is 1. The van der Waals surface area contributed by atoms with Crippen LogP contribution < -0.4 is 5.63 Å². The molecule has 2 aromatic heterocycles. The number of para-hydroxylation sites is 1. The normalized spacial score (nSPS) is 10.8. The minimum Gasteiger partial charge on any atom is -0.338 e. The molecule has 0 aliphatic carbocycles. The van der Waals surface area contributed by atoms with Gasteiger partial charge in [-0.2, -0.15) is 0 Å². The fraction of sp³-hybridized carbons (Fsp3) is 0. The van der Waals surface area contributed by atoms with Gasteiger partial charge >= 0.3 is 5.63 Å². The number of fused-ring (bicyclic) bond motifs is 1. The van der Waals surface area contributed by atoms with Gasteiger partial charge in [0.2, 0.25) is 0 Å². The Bertz CT molecular complexity index is 697. The molecule has 0 aliphatic heterocycles. The van der Waals surface area contributed by atoms with Gasteiger partial charge in [0.25, 0.3) is 0 Å². The summed E-state index contributed by atoms with van der Waals surface area (Å²) in [7, 11) is 0. The number of hydrogen-bond donors (Lipinski definition) is 1. The van der Waals surface area contributed by atoms with Crippen LogP contribution in [0.4, 0.5) is 0 Å².